The van der Waals surface area contributed by atoms with Crippen LogP contribution in [-0.2, 0) is 29.6 Å². The lowest BCUT2D eigenvalue weighted by atomic mass is 10.1. The highest BCUT2D eigenvalue weighted by atomic mass is 35.5. The van der Waals surface area contributed by atoms with Gasteiger partial charge in [0.1, 0.15) is 0 Å². The number of hydrogen-bond donors (Lipinski definition) is 2. The molecule has 0 radical (unpaired) electrons. The number of rotatable bonds is 6. The van der Waals surface area contributed by atoms with E-state index in [9.17, 15) is 13.5 Å². The molecule has 114 valence electrons. The van der Waals surface area contributed by atoms with Crippen molar-refractivity contribution in [1.82, 2.24) is 4.72 Å². The summed E-state index contributed by atoms with van der Waals surface area (Å²) in [6.45, 7) is 1.91. The Kier molecular flexibility index (Phi) is 5.40. The van der Waals surface area contributed by atoms with Crippen molar-refractivity contribution in [1.29, 1.82) is 0 Å². The van der Waals surface area contributed by atoms with Crippen LogP contribution in [0.4, 0.5) is 0 Å². The molecule has 21 heavy (non-hydrogen) atoms. The van der Waals surface area contributed by atoms with Crippen LogP contribution in [0.15, 0.2) is 35.2 Å². The highest BCUT2D eigenvalue weighted by molar-refractivity contribution is 7.89. The minimum absolute atomic E-state index is 0.187. The van der Waals surface area contributed by atoms with E-state index in [2.05, 4.69) is 4.72 Å². The van der Waals surface area contributed by atoms with Crippen molar-refractivity contribution in [3.63, 3.8) is 0 Å². The van der Waals surface area contributed by atoms with E-state index >= 15 is 0 Å². The van der Waals surface area contributed by atoms with Crippen LogP contribution in [0, 0.1) is 0 Å². The summed E-state index contributed by atoms with van der Waals surface area (Å²) in [4.78, 5) is 1.07. The number of sulfonamides is 1. The number of aliphatic hydroxyl groups is 1. The molecule has 0 amide bonds. The summed E-state index contributed by atoms with van der Waals surface area (Å²) in [5, 5.41) is 9.17. The molecule has 0 unspecified atom stereocenters. The topological polar surface area (TPSA) is 66.4 Å². The number of hydrogen-bond acceptors (Lipinski definition) is 4. The van der Waals surface area contributed by atoms with Crippen molar-refractivity contribution in [2.24, 2.45) is 0 Å². The van der Waals surface area contributed by atoms with Gasteiger partial charge in [-0.2, -0.15) is 0 Å². The van der Waals surface area contributed by atoms with E-state index in [1.54, 1.807) is 24.3 Å². The predicted octanol–water partition coefficient (Wildman–Crippen LogP) is 2.93. The molecule has 0 saturated carbocycles. The van der Waals surface area contributed by atoms with Crippen LogP contribution in [0.3, 0.4) is 0 Å². The Morgan fingerprint density at radius 3 is 2.62 bits per heavy atom. The Morgan fingerprint density at radius 2 is 2.05 bits per heavy atom. The zero-order chi connectivity index (χ0) is 15.5. The summed E-state index contributed by atoms with van der Waals surface area (Å²) in [7, 11) is -3.62. The molecule has 0 fully saturated rings. The largest absolute Gasteiger partial charge is 0.392 e. The van der Waals surface area contributed by atoms with Crippen LogP contribution in [0.2, 0.25) is 4.34 Å². The maximum Gasteiger partial charge on any atom is 0.241 e. The summed E-state index contributed by atoms with van der Waals surface area (Å²) < 4.78 is 28.1. The fourth-order valence-corrected chi connectivity index (χ4v) is 4.41. The van der Waals surface area contributed by atoms with Gasteiger partial charge in [0.2, 0.25) is 10.0 Å². The highest BCUT2D eigenvalue weighted by Crippen LogP contribution is 2.23. The quantitative estimate of drug-likeness (QED) is 0.846. The van der Waals surface area contributed by atoms with Crippen molar-refractivity contribution in [2.45, 2.75) is 31.4 Å². The maximum absolute atomic E-state index is 12.4. The van der Waals surface area contributed by atoms with Crippen LogP contribution >= 0.6 is 22.9 Å². The molecule has 1 aromatic heterocycles. The van der Waals surface area contributed by atoms with Gasteiger partial charge in [0.25, 0.3) is 0 Å². The van der Waals surface area contributed by atoms with Crippen molar-refractivity contribution in [3.8, 4) is 0 Å². The van der Waals surface area contributed by atoms with E-state index in [0.29, 0.717) is 16.3 Å². The molecule has 2 N–H and O–H groups in total. The molecule has 2 rings (SSSR count). The van der Waals surface area contributed by atoms with E-state index in [1.807, 2.05) is 6.92 Å². The van der Waals surface area contributed by atoms with Gasteiger partial charge in [0.15, 0.2) is 0 Å². The van der Waals surface area contributed by atoms with Crippen LogP contribution in [0.5, 0.6) is 0 Å². The molecular weight excluding hydrogens is 330 g/mol. The van der Waals surface area contributed by atoms with Crippen LogP contribution in [0.25, 0.3) is 0 Å². The second kappa shape index (κ2) is 6.89. The molecule has 1 heterocycles. The lowest BCUT2D eigenvalue weighted by molar-refractivity contribution is 0.281. The Hall–Kier alpha value is -0.920. The van der Waals surface area contributed by atoms with Gasteiger partial charge in [0.05, 0.1) is 15.8 Å². The van der Waals surface area contributed by atoms with Crippen LogP contribution in [0.1, 0.15) is 22.9 Å². The van der Waals surface area contributed by atoms with Crippen molar-refractivity contribution in [3.05, 3.63) is 50.7 Å². The number of thiophene rings is 1. The van der Waals surface area contributed by atoms with Gasteiger partial charge in [-0.1, -0.05) is 30.7 Å². The lowest BCUT2D eigenvalue weighted by Crippen LogP contribution is -2.24. The lowest BCUT2D eigenvalue weighted by Gasteiger charge is -2.11. The van der Waals surface area contributed by atoms with E-state index in [4.69, 9.17) is 11.6 Å². The molecule has 0 bridgehead atoms. The molecule has 2 aromatic rings. The molecule has 0 spiro atoms. The molecule has 0 aliphatic heterocycles. The van der Waals surface area contributed by atoms with Gasteiger partial charge in [-0.3, -0.25) is 0 Å². The van der Waals surface area contributed by atoms with E-state index < -0.39 is 10.0 Å². The normalized spacial score (nSPS) is 11.8. The first-order valence-corrected chi connectivity index (χ1v) is 9.10. The molecule has 0 saturated heterocycles. The zero-order valence-electron chi connectivity index (χ0n) is 11.5. The third-order valence-electron chi connectivity index (χ3n) is 3.05. The smallest absolute Gasteiger partial charge is 0.241 e. The van der Waals surface area contributed by atoms with E-state index in [1.165, 1.54) is 17.4 Å². The van der Waals surface area contributed by atoms with E-state index in [-0.39, 0.29) is 18.0 Å². The van der Waals surface area contributed by atoms with Crippen molar-refractivity contribution < 1.29 is 13.5 Å². The first kappa shape index (κ1) is 16.5. The average Bonchev–Trinajstić information content (AvgIpc) is 2.90. The van der Waals surface area contributed by atoms with Gasteiger partial charge >= 0.3 is 0 Å². The maximum atomic E-state index is 12.4. The standard InChI is InChI=1S/C14H16ClNO3S2/c1-2-11-4-3-10(9-17)7-13(11)21(18,19)16-8-12-5-6-14(15)20-12/h3-7,16-17H,2,8-9H2,1H3. The van der Waals surface area contributed by atoms with Crippen LogP contribution in [-0.4, -0.2) is 13.5 Å². The number of benzene rings is 1. The number of nitrogens with one attached hydrogen (secondary N) is 1. The van der Waals surface area contributed by atoms with E-state index in [0.717, 1.165) is 10.4 Å². The minimum Gasteiger partial charge on any atom is -0.392 e. The fourth-order valence-electron chi connectivity index (χ4n) is 1.93. The first-order valence-electron chi connectivity index (χ1n) is 6.43. The summed E-state index contributed by atoms with van der Waals surface area (Å²) in [5.74, 6) is 0. The summed E-state index contributed by atoms with van der Waals surface area (Å²) >= 11 is 7.17. The number of aryl methyl sites for hydroxylation is 1. The molecular formula is C14H16ClNO3S2. The van der Waals surface area contributed by atoms with Crippen molar-refractivity contribution >= 4 is 33.0 Å². The Balaban J connectivity index is 2.26. The Morgan fingerprint density at radius 1 is 1.29 bits per heavy atom. The molecule has 0 aliphatic rings. The highest BCUT2D eigenvalue weighted by Gasteiger charge is 2.18. The Bertz CT molecular complexity index is 726. The summed E-state index contributed by atoms with van der Waals surface area (Å²) in [5.41, 5.74) is 1.30. The number of aliphatic hydroxyl groups excluding tert-OH is 1. The fraction of sp³-hybridized carbons (Fsp3) is 0.286. The average molecular weight is 346 g/mol. The third kappa shape index (κ3) is 4.05. The van der Waals surface area contributed by atoms with Crippen molar-refractivity contribution in [2.75, 3.05) is 0 Å². The Labute approximate surface area is 133 Å². The predicted molar refractivity (Wildman–Crippen MR) is 85.1 cm³/mol. The molecule has 1 aromatic carbocycles. The first-order chi connectivity index (χ1) is 9.96. The van der Waals surface area contributed by atoms with Crippen LogP contribution < -0.4 is 4.72 Å². The molecule has 4 nitrogen and oxygen atoms in total. The van der Waals surface area contributed by atoms with Gasteiger partial charge in [-0.05, 0) is 35.7 Å². The molecule has 7 heteroatoms. The molecule has 0 atom stereocenters. The van der Waals surface area contributed by atoms with Gasteiger partial charge < -0.3 is 5.11 Å². The minimum atomic E-state index is -3.62. The van der Waals surface area contributed by atoms with Gasteiger partial charge in [-0.25, -0.2) is 13.1 Å². The second-order valence-corrected chi connectivity index (χ2v) is 8.02. The number of halogens is 1. The molecule has 0 aliphatic carbocycles. The second-order valence-electron chi connectivity index (χ2n) is 4.48. The van der Waals surface area contributed by atoms with Gasteiger partial charge in [0, 0.05) is 11.4 Å². The SMILES string of the molecule is CCc1ccc(CO)cc1S(=O)(=O)NCc1ccc(Cl)s1. The third-order valence-corrected chi connectivity index (χ3v) is 5.76. The van der Waals surface area contributed by atoms with Gasteiger partial charge in [-0.15, -0.1) is 11.3 Å². The summed E-state index contributed by atoms with van der Waals surface area (Å²) in [6, 6.07) is 8.52. The zero-order valence-corrected chi connectivity index (χ0v) is 13.9. The summed E-state index contributed by atoms with van der Waals surface area (Å²) in [6.07, 6.45) is 0.604. The monoisotopic (exact) mass is 345 g/mol.